The zero-order valence-corrected chi connectivity index (χ0v) is 13.3. The van der Waals surface area contributed by atoms with Gasteiger partial charge in [0, 0.05) is 25.7 Å². The number of rotatable bonds is 6. The highest BCUT2D eigenvalue weighted by atomic mass is 32.2. The highest BCUT2D eigenvalue weighted by Crippen LogP contribution is 2.31. The van der Waals surface area contributed by atoms with Crippen LogP contribution in [-0.2, 0) is 10.0 Å². The summed E-state index contributed by atoms with van der Waals surface area (Å²) in [4.78, 5) is 0. The molecule has 1 N–H and O–H groups in total. The van der Waals surface area contributed by atoms with Gasteiger partial charge in [0.05, 0.1) is 5.25 Å². The second-order valence-corrected chi connectivity index (χ2v) is 9.08. The first-order chi connectivity index (χ1) is 8.05. The Kier molecular flexibility index (Phi) is 4.84. The van der Waals surface area contributed by atoms with Crippen LogP contribution < -0.4 is 5.32 Å². The summed E-state index contributed by atoms with van der Waals surface area (Å²) in [5.41, 5.74) is 0.0393. The van der Waals surface area contributed by atoms with Crippen molar-refractivity contribution in [2.45, 2.75) is 64.8 Å². The molecular weight excluding hydrogens is 248 g/mol. The molecule has 0 aromatic carbocycles. The largest absolute Gasteiger partial charge is 0.310 e. The SMILES string of the molecule is CC(C)N[C@H](CN(C)S(=O)(=O)C1CC1)C(C)(C)C. The van der Waals surface area contributed by atoms with Gasteiger partial charge >= 0.3 is 0 Å². The summed E-state index contributed by atoms with van der Waals surface area (Å²) in [7, 11) is -1.36. The maximum absolute atomic E-state index is 12.1. The third-order valence-electron chi connectivity index (χ3n) is 3.40. The Bertz CT molecular complexity index is 367. The Hall–Kier alpha value is -0.130. The second kappa shape index (κ2) is 5.47. The fourth-order valence-corrected chi connectivity index (χ4v) is 3.56. The summed E-state index contributed by atoms with van der Waals surface area (Å²) in [5, 5.41) is 3.35. The van der Waals surface area contributed by atoms with Crippen LogP contribution in [0.15, 0.2) is 0 Å². The van der Waals surface area contributed by atoms with Crippen LogP contribution >= 0.6 is 0 Å². The van der Waals surface area contributed by atoms with Crippen molar-refractivity contribution in [1.29, 1.82) is 0 Å². The van der Waals surface area contributed by atoms with E-state index in [1.165, 1.54) is 4.31 Å². The van der Waals surface area contributed by atoms with Crippen LogP contribution in [-0.4, -0.2) is 43.6 Å². The molecule has 1 rings (SSSR count). The summed E-state index contributed by atoms with van der Waals surface area (Å²) >= 11 is 0. The van der Waals surface area contributed by atoms with E-state index in [-0.39, 0.29) is 16.7 Å². The maximum atomic E-state index is 12.1. The molecule has 5 heteroatoms. The number of sulfonamides is 1. The molecule has 0 saturated heterocycles. The third kappa shape index (κ3) is 4.21. The molecular formula is C13H28N2O2S. The predicted octanol–water partition coefficient (Wildman–Crippen LogP) is 1.82. The van der Waals surface area contributed by atoms with E-state index in [9.17, 15) is 8.42 Å². The predicted molar refractivity (Wildman–Crippen MR) is 76.1 cm³/mol. The van der Waals surface area contributed by atoms with E-state index >= 15 is 0 Å². The van der Waals surface area contributed by atoms with Crippen LogP contribution in [0.2, 0.25) is 0 Å². The van der Waals surface area contributed by atoms with Gasteiger partial charge in [-0.25, -0.2) is 12.7 Å². The number of hydrogen-bond acceptors (Lipinski definition) is 3. The molecule has 0 aromatic rings. The number of hydrogen-bond donors (Lipinski definition) is 1. The summed E-state index contributed by atoms with van der Waals surface area (Å²) in [6, 6.07) is 0.516. The van der Waals surface area contributed by atoms with Crippen LogP contribution in [0, 0.1) is 5.41 Å². The Balaban J connectivity index is 2.71. The third-order valence-corrected chi connectivity index (χ3v) is 5.73. The zero-order valence-electron chi connectivity index (χ0n) is 12.5. The van der Waals surface area contributed by atoms with E-state index in [1.54, 1.807) is 7.05 Å². The van der Waals surface area contributed by atoms with E-state index in [0.29, 0.717) is 12.6 Å². The highest BCUT2D eigenvalue weighted by molar-refractivity contribution is 7.90. The average Bonchev–Trinajstić information content (AvgIpc) is 2.97. The van der Waals surface area contributed by atoms with E-state index in [2.05, 4.69) is 39.9 Å². The summed E-state index contributed by atoms with van der Waals surface area (Å²) in [6.07, 6.45) is 1.65. The molecule has 108 valence electrons. The van der Waals surface area contributed by atoms with Gasteiger partial charge in [-0.3, -0.25) is 0 Å². The molecule has 0 spiro atoms. The van der Waals surface area contributed by atoms with Crippen molar-refractivity contribution in [3.63, 3.8) is 0 Å². The van der Waals surface area contributed by atoms with Crippen molar-refractivity contribution < 1.29 is 8.42 Å². The molecule has 1 atom stereocenters. The Morgan fingerprint density at radius 3 is 2.11 bits per heavy atom. The average molecular weight is 276 g/mol. The fourth-order valence-electron chi connectivity index (χ4n) is 1.96. The van der Waals surface area contributed by atoms with E-state index < -0.39 is 10.0 Å². The molecule has 0 unspecified atom stereocenters. The standard InChI is InChI=1S/C13H28N2O2S/c1-10(2)14-12(13(3,4)5)9-15(6)18(16,17)11-7-8-11/h10-12,14H,7-9H2,1-6H3/t12-/m1/s1. The van der Waals surface area contributed by atoms with Gasteiger partial charge in [0.1, 0.15) is 0 Å². The van der Waals surface area contributed by atoms with Crippen LogP contribution in [0.3, 0.4) is 0 Å². The minimum absolute atomic E-state index is 0.0393. The monoisotopic (exact) mass is 276 g/mol. The van der Waals surface area contributed by atoms with Gasteiger partial charge in [-0.05, 0) is 18.3 Å². The molecule has 1 saturated carbocycles. The number of likely N-dealkylation sites (N-methyl/N-ethyl adjacent to an activating group) is 1. The quantitative estimate of drug-likeness (QED) is 0.805. The summed E-state index contributed by atoms with van der Waals surface area (Å²) < 4.78 is 25.8. The number of nitrogens with one attached hydrogen (secondary N) is 1. The zero-order chi connectivity index (χ0) is 14.1. The number of nitrogens with zero attached hydrogens (tertiary/aromatic N) is 1. The van der Waals surface area contributed by atoms with E-state index in [0.717, 1.165) is 12.8 Å². The second-order valence-electron chi connectivity index (χ2n) is 6.76. The lowest BCUT2D eigenvalue weighted by atomic mass is 9.86. The van der Waals surface area contributed by atoms with Crippen LogP contribution in [0.1, 0.15) is 47.5 Å². The maximum Gasteiger partial charge on any atom is 0.216 e. The molecule has 1 aliphatic carbocycles. The lowest BCUT2D eigenvalue weighted by Crippen LogP contribution is -2.51. The van der Waals surface area contributed by atoms with E-state index in [4.69, 9.17) is 0 Å². The minimum Gasteiger partial charge on any atom is -0.310 e. The van der Waals surface area contributed by atoms with Crippen molar-refractivity contribution in [3.8, 4) is 0 Å². The molecule has 0 aliphatic heterocycles. The van der Waals surface area contributed by atoms with Gasteiger partial charge < -0.3 is 5.32 Å². The normalized spacial score (nSPS) is 19.6. The smallest absolute Gasteiger partial charge is 0.216 e. The first-order valence-electron chi connectivity index (χ1n) is 6.76. The first kappa shape index (κ1) is 15.9. The van der Waals surface area contributed by atoms with Crippen molar-refractivity contribution >= 4 is 10.0 Å². The van der Waals surface area contributed by atoms with Gasteiger partial charge in [-0.1, -0.05) is 34.6 Å². The summed E-state index contributed by atoms with van der Waals surface area (Å²) in [5.74, 6) is 0. The van der Waals surface area contributed by atoms with Crippen molar-refractivity contribution in [2.24, 2.45) is 5.41 Å². The molecule has 1 fully saturated rings. The fraction of sp³-hybridized carbons (Fsp3) is 1.00. The van der Waals surface area contributed by atoms with Gasteiger partial charge in [0.2, 0.25) is 10.0 Å². The Morgan fingerprint density at radius 1 is 1.28 bits per heavy atom. The van der Waals surface area contributed by atoms with Crippen LogP contribution in [0.5, 0.6) is 0 Å². The van der Waals surface area contributed by atoms with Gasteiger partial charge in [0.15, 0.2) is 0 Å². The molecule has 0 amide bonds. The Morgan fingerprint density at radius 2 is 1.78 bits per heavy atom. The molecule has 4 nitrogen and oxygen atoms in total. The van der Waals surface area contributed by atoms with Crippen molar-refractivity contribution in [3.05, 3.63) is 0 Å². The molecule has 0 aromatic heterocycles. The van der Waals surface area contributed by atoms with Gasteiger partial charge in [-0.2, -0.15) is 0 Å². The van der Waals surface area contributed by atoms with Crippen molar-refractivity contribution in [2.75, 3.05) is 13.6 Å². The molecule has 0 radical (unpaired) electrons. The first-order valence-corrected chi connectivity index (χ1v) is 8.26. The molecule has 18 heavy (non-hydrogen) atoms. The van der Waals surface area contributed by atoms with Gasteiger partial charge in [-0.15, -0.1) is 0 Å². The van der Waals surface area contributed by atoms with E-state index in [1.807, 2.05) is 0 Å². The summed E-state index contributed by atoms with van der Waals surface area (Å²) in [6.45, 7) is 11.2. The molecule has 0 heterocycles. The van der Waals surface area contributed by atoms with Crippen molar-refractivity contribution in [1.82, 2.24) is 9.62 Å². The highest BCUT2D eigenvalue weighted by Gasteiger charge is 2.40. The van der Waals surface area contributed by atoms with Crippen LogP contribution in [0.25, 0.3) is 0 Å². The minimum atomic E-state index is -3.06. The van der Waals surface area contributed by atoms with Gasteiger partial charge in [0.25, 0.3) is 0 Å². The topological polar surface area (TPSA) is 49.4 Å². The molecule has 0 bridgehead atoms. The van der Waals surface area contributed by atoms with Crippen LogP contribution in [0.4, 0.5) is 0 Å². The lowest BCUT2D eigenvalue weighted by Gasteiger charge is -2.35. The Labute approximate surface area is 112 Å². The molecule has 1 aliphatic rings. The lowest BCUT2D eigenvalue weighted by molar-refractivity contribution is 0.223.